The molecule has 0 saturated heterocycles. The predicted octanol–water partition coefficient (Wildman–Crippen LogP) is 2.43. The fourth-order valence-corrected chi connectivity index (χ4v) is 3.73. The summed E-state index contributed by atoms with van der Waals surface area (Å²) < 4.78 is 19.4. The molecule has 0 saturated carbocycles. The molecule has 0 heterocycles. The Balaban J connectivity index is 2.52. The van der Waals surface area contributed by atoms with Gasteiger partial charge in [-0.05, 0) is 54.6 Å². The second-order valence-electron chi connectivity index (χ2n) is 8.69. The Hall–Kier alpha value is -2.91. The van der Waals surface area contributed by atoms with Crippen molar-refractivity contribution >= 4 is 24.4 Å². The van der Waals surface area contributed by atoms with Crippen LogP contribution in [0.2, 0.25) is 0 Å². The van der Waals surface area contributed by atoms with Crippen molar-refractivity contribution in [3.8, 4) is 5.75 Å². The van der Waals surface area contributed by atoms with E-state index in [-0.39, 0.29) is 11.0 Å². The Kier molecular flexibility index (Phi) is 8.04. The van der Waals surface area contributed by atoms with Crippen LogP contribution in [-0.4, -0.2) is 47.1 Å². The topological polar surface area (TPSA) is 99.1 Å². The van der Waals surface area contributed by atoms with E-state index in [0.717, 1.165) is 12.1 Å². The summed E-state index contributed by atoms with van der Waals surface area (Å²) in [4.78, 5) is 26.6. The number of amides is 2. The molecular formula is C23H30BFN2O5. The Morgan fingerprint density at radius 2 is 1.88 bits per heavy atom. The zero-order valence-corrected chi connectivity index (χ0v) is 19.3. The third kappa shape index (κ3) is 5.66. The summed E-state index contributed by atoms with van der Waals surface area (Å²) in [6, 6.07) is 7.72. The summed E-state index contributed by atoms with van der Waals surface area (Å²) in [5, 5.41) is 20.1. The number of nitrogens with one attached hydrogen (secondary N) is 1. The van der Waals surface area contributed by atoms with Gasteiger partial charge < -0.3 is 14.8 Å². The highest BCUT2D eigenvalue weighted by molar-refractivity contribution is 6.58. The summed E-state index contributed by atoms with van der Waals surface area (Å²) in [7, 11) is -0.437. The molecule has 2 aromatic rings. The van der Waals surface area contributed by atoms with Crippen molar-refractivity contribution in [1.29, 1.82) is 0 Å². The van der Waals surface area contributed by atoms with Gasteiger partial charge in [0.15, 0.2) is 0 Å². The van der Waals surface area contributed by atoms with E-state index in [1.54, 1.807) is 25.1 Å². The number of carbonyl (C=O) groups is 2. The fraction of sp³-hybridized carbons (Fsp3) is 0.391. The average molecular weight is 444 g/mol. The van der Waals surface area contributed by atoms with E-state index < -0.39 is 36.2 Å². The second-order valence-corrected chi connectivity index (χ2v) is 8.69. The van der Waals surface area contributed by atoms with Crippen LogP contribution < -0.4 is 15.6 Å². The molecular weight excluding hydrogens is 414 g/mol. The molecule has 0 fully saturated rings. The van der Waals surface area contributed by atoms with Gasteiger partial charge in [-0.2, -0.15) is 0 Å². The maximum atomic E-state index is 14.1. The van der Waals surface area contributed by atoms with Crippen molar-refractivity contribution in [3.63, 3.8) is 0 Å². The quantitative estimate of drug-likeness (QED) is 0.470. The Morgan fingerprint density at radius 3 is 2.41 bits per heavy atom. The molecule has 7 nitrogen and oxygen atoms in total. The SMILES string of the molecule is CCC(N(NC(=O)c1cccc(OC)c1C)C(=O)c1cc(F)cc(B(O)O)c1)C(C)(C)C. The zero-order valence-electron chi connectivity index (χ0n) is 19.3. The lowest BCUT2D eigenvalue weighted by Gasteiger charge is -2.39. The molecule has 0 bridgehead atoms. The summed E-state index contributed by atoms with van der Waals surface area (Å²) in [5.74, 6) is -1.44. The summed E-state index contributed by atoms with van der Waals surface area (Å²) in [6.07, 6.45) is 0.511. The van der Waals surface area contributed by atoms with E-state index in [9.17, 15) is 24.0 Å². The number of nitrogens with zero attached hydrogens (tertiary/aromatic N) is 1. The number of hydrogen-bond acceptors (Lipinski definition) is 5. The van der Waals surface area contributed by atoms with Crippen LogP contribution in [0.3, 0.4) is 0 Å². The number of benzene rings is 2. The van der Waals surface area contributed by atoms with E-state index in [0.29, 0.717) is 23.3 Å². The van der Waals surface area contributed by atoms with Crippen LogP contribution in [0, 0.1) is 18.2 Å². The van der Waals surface area contributed by atoms with Crippen LogP contribution >= 0.6 is 0 Å². The van der Waals surface area contributed by atoms with Gasteiger partial charge in [-0.25, -0.2) is 9.40 Å². The lowest BCUT2D eigenvalue weighted by Crippen LogP contribution is -2.56. The first kappa shape index (κ1) is 25.4. The van der Waals surface area contributed by atoms with E-state index in [1.807, 2.05) is 27.7 Å². The number of methoxy groups -OCH3 is 1. The van der Waals surface area contributed by atoms with Gasteiger partial charge >= 0.3 is 7.12 Å². The van der Waals surface area contributed by atoms with Crippen LogP contribution in [0.15, 0.2) is 36.4 Å². The molecule has 32 heavy (non-hydrogen) atoms. The molecule has 2 rings (SSSR count). The molecule has 0 aliphatic carbocycles. The van der Waals surface area contributed by atoms with Crippen molar-refractivity contribution in [1.82, 2.24) is 10.4 Å². The van der Waals surface area contributed by atoms with Crippen LogP contribution in [0.5, 0.6) is 5.75 Å². The van der Waals surface area contributed by atoms with Gasteiger partial charge in [0.05, 0.1) is 13.2 Å². The van der Waals surface area contributed by atoms with Gasteiger partial charge in [0.25, 0.3) is 11.8 Å². The highest BCUT2D eigenvalue weighted by atomic mass is 19.1. The first-order chi connectivity index (χ1) is 14.9. The minimum atomic E-state index is -1.94. The first-order valence-electron chi connectivity index (χ1n) is 10.4. The maximum Gasteiger partial charge on any atom is 0.488 e. The summed E-state index contributed by atoms with van der Waals surface area (Å²) in [6.45, 7) is 9.41. The highest BCUT2D eigenvalue weighted by Crippen LogP contribution is 2.28. The Labute approximate surface area is 188 Å². The van der Waals surface area contributed by atoms with Crippen molar-refractivity contribution in [3.05, 3.63) is 58.9 Å². The van der Waals surface area contributed by atoms with E-state index >= 15 is 0 Å². The maximum absolute atomic E-state index is 14.1. The number of ether oxygens (including phenoxy) is 1. The molecule has 0 aromatic heterocycles. The first-order valence-corrected chi connectivity index (χ1v) is 10.4. The van der Waals surface area contributed by atoms with Crippen molar-refractivity contribution in [2.75, 3.05) is 7.11 Å². The molecule has 0 spiro atoms. The molecule has 0 aliphatic heterocycles. The third-order valence-electron chi connectivity index (χ3n) is 5.35. The predicted molar refractivity (Wildman–Crippen MR) is 121 cm³/mol. The second kappa shape index (κ2) is 10.1. The zero-order chi connectivity index (χ0) is 24.2. The normalized spacial score (nSPS) is 12.2. The minimum Gasteiger partial charge on any atom is -0.496 e. The van der Waals surface area contributed by atoms with Crippen LogP contribution in [0.4, 0.5) is 4.39 Å². The monoisotopic (exact) mass is 444 g/mol. The number of halogens is 1. The molecule has 172 valence electrons. The Morgan fingerprint density at radius 1 is 1.22 bits per heavy atom. The van der Waals surface area contributed by atoms with Gasteiger partial charge in [0.1, 0.15) is 11.6 Å². The van der Waals surface area contributed by atoms with Gasteiger partial charge in [-0.15, -0.1) is 0 Å². The van der Waals surface area contributed by atoms with Gasteiger partial charge in [-0.3, -0.25) is 15.0 Å². The van der Waals surface area contributed by atoms with E-state index in [2.05, 4.69) is 5.43 Å². The van der Waals surface area contributed by atoms with Crippen LogP contribution in [0.1, 0.15) is 60.4 Å². The van der Waals surface area contributed by atoms with Crippen LogP contribution in [0.25, 0.3) is 0 Å². The van der Waals surface area contributed by atoms with Gasteiger partial charge in [0, 0.05) is 16.7 Å². The molecule has 2 amide bonds. The standard InChI is InChI=1S/C23H30BFN2O5/c1-7-20(23(3,4)5)27(22(29)15-11-16(24(30)31)13-17(25)12-15)26-21(28)18-9-8-10-19(32-6)14(18)2/h8-13,20,30-31H,7H2,1-6H3,(H,26,28). The molecule has 1 atom stereocenters. The van der Waals surface area contributed by atoms with Gasteiger partial charge in [0.2, 0.25) is 0 Å². The lowest BCUT2D eigenvalue weighted by molar-refractivity contribution is 0.0284. The van der Waals surface area contributed by atoms with E-state index in [1.165, 1.54) is 18.2 Å². The molecule has 9 heteroatoms. The lowest BCUT2D eigenvalue weighted by atomic mass is 9.79. The molecule has 2 aromatic carbocycles. The van der Waals surface area contributed by atoms with Crippen molar-refractivity contribution < 1.29 is 28.8 Å². The third-order valence-corrected chi connectivity index (χ3v) is 5.35. The fourth-order valence-electron chi connectivity index (χ4n) is 3.73. The van der Waals surface area contributed by atoms with Crippen LogP contribution in [-0.2, 0) is 0 Å². The number of rotatable bonds is 6. The van der Waals surface area contributed by atoms with Gasteiger partial charge in [-0.1, -0.05) is 33.8 Å². The number of hydrogen-bond donors (Lipinski definition) is 3. The minimum absolute atomic E-state index is 0.113. The number of carbonyl (C=O) groups excluding carboxylic acids is 2. The number of hydrazine groups is 1. The highest BCUT2D eigenvalue weighted by Gasteiger charge is 2.35. The summed E-state index contributed by atoms with van der Waals surface area (Å²) >= 11 is 0. The Bertz CT molecular complexity index is 991. The molecule has 0 radical (unpaired) electrons. The van der Waals surface area contributed by atoms with Crippen molar-refractivity contribution in [2.45, 2.75) is 47.1 Å². The average Bonchev–Trinajstić information content (AvgIpc) is 2.71. The largest absolute Gasteiger partial charge is 0.496 e. The van der Waals surface area contributed by atoms with E-state index in [4.69, 9.17) is 4.74 Å². The molecule has 0 aliphatic rings. The summed E-state index contributed by atoms with van der Waals surface area (Å²) in [5.41, 5.74) is 2.94. The molecule has 3 N–H and O–H groups in total. The molecule has 1 unspecified atom stereocenters. The van der Waals surface area contributed by atoms with Crippen molar-refractivity contribution in [2.24, 2.45) is 5.41 Å². The smallest absolute Gasteiger partial charge is 0.488 e.